The maximum atomic E-state index is 12.3. The SMILES string of the molecule is COc1ccc(C)cc1[C@@H](C)NC(=O)/C=C/c1ccc2c(c1)OCCO2. The number of nitrogens with one attached hydrogen (secondary N) is 1. The fraction of sp³-hybridized carbons (Fsp3) is 0.286. The minimum Gasteiger partial charge on any atom is -0.496 e. The molecule has 0 radical (unpaired) electrons. The lowest BCUT2D eigenvalue weighted by Gasteiger charge is -2.18. The second-order valence-corrected chi connectivity index (χ2v) is 6.21. The van der Waals surface area contributed by atoms with E-state index in [9.17, 15) is 4.79 Å². The summed E-state index contributed by atoms with van der Waals surface area (Å²) in [4.78, 5) is 12.3. The molecule has 136 valence electrons. The van der Waals surface area contributed by atoms with Crippen LogP contribution in [0, 0.1) is 6.92 Å². The van der Waals surface area contributed by atoms with Gasteiger partial charge in [-0.15, -0.1) is 0 Å². The number of carbonyl (C=O) groups is 1. The average Bonchev–Trinajstić information content (AvgIpc) is 2.66. The van der Waals surface area contributed by atoms with Gasteiger partial charge in [0, 0.05) is 11.6 Å². The van der Waals surface area contributed by atoms with E-state index in [1.165, 1.54) is 6.08 Å². The van der Waals surface area contributed by atoms with E-state index in [2.05, 4.69) is 5.32 Å². The lowest BCUT2D eigenvalue weighted by atomic mass is 10.0. The molecule has 0 fully saturated rings. The molecule has 3 rings (SSSR count). The number of hydrogen-bond donors (Lipinski definition) is 1. The molecule has 1 N–H and O–H groups in total. The van der Waals surface area contributed by atoms with Gasteiger partial charge in [-0.25, -0.2) is 0 Å². The normalized spacial score (nSPS) is 14.1. The predicted octanol–water partition coefficient (Wildman–Crippen LogP) is 3.67. The van der Waals surface area contributed by atoms with E-state index in [1.807, 2.05) is 50.2 Å². The van der Waals surface area contributed by atoms with Crippen molar-refractivity contribution in [2.45, 2.75) is 19.9 Å². The molecule has 0 bridgehead atoms. The smallest absolute Gasteiger partial charge is 0.244 e. The Kier molecular flexibility index (Phi) is 5.46. The molecular formula is C21H23NO4. The quantitative estimate of drug-likeness (QED) is 0.834. The summed E-state index contributed by atoms with van der Waals surface area (Å²) >= 11 is 0. The molecule has 26 heavy (non-hydrogen) atoms. The van der Waals surface area contributed by atoms with Crippen molar-refractivity contribution in [2.24, 2.45) is 0 Å². The first-order valence-electron chi connectivity index (χ1n) is 8.59. The topological polar surface area (TPSA) is 56.8 Å². The van der Waals surface area contributed by atoms with Crippen LogP contribution in [0.5, 0.6) is 17.2 Å². The molecule has 0 unspecified atom stereocenters. The summed E-state index contributed by atoms with van der Waals surface area (Å²) in [6.07, 6.45) is 3.28. The van der Waals surface area contributed by atoms with Gasteiger partial charge in [0.1, 0.15) is 19.0 Å². The van der Waals surface area contributed by atoms with Crippen molar-refractivity contribution >= 4 is 12.0 Å². The third-order valence-electron chi connectivity index (χ3n) is 4.20. The maximum absolute atomic E-state index is 12.3. The van der Waals surface area contributed by atoms with Gasteiger partial charge in [-0.2, -0.15) is 0 Å². The number of methoxy groups -OCH3 is 1. The highest BCUT2D eigenvalue weighted by Gasteiger charge is 2.14. The fourth-order valence-electron chi connectivity index (χ4n) is 2.87. The summed E-state index contributed by atoms with van der Waals surface area (Å²) in [6, 6.07) is 11.4. The highest BCUT2D eigenvalue weighted by Crippen LogP contribution is 2.31. The third kappa shape index (κ3) is 4.17. The lowest BCUT2D eigenvalue weighted by Crippen LogP contribution is -2.25. The molecule has 0 aromatic heterocycles. The molecule has 1 aliphatic rings. The lowest BCUT2D eigenvalue weighted by molar-refractivity contribution is -0.117. The van der Waals surface area contributed by atoms with Gasteiger partial charge in [0.05, 0.1) is 13.2 Å². The number of rotatable bonds is 5. The molecule has 1 heterocycles. The van der Waals surface area contributed by atoms with Gasteiger partial charge >= 0.3 is 0 Å². The van der Waals surface area contributed by atoms with Crippen molar-refractivity contribution in [2.75, 3.05) is 20.3 Å². The van der Waals surface area contributed by atoms with Crippen molar-refractivity contribution in [3.63, 3.8) is 0 Å². The van der Waals surface area contributed by atoms with Gasteiger partial charge < -0.3 is 19.5 Å². The number of benzene rings is 2. The summed E-state index contributed by atoms with van der Waals surface area (Å²) in [5.41, 5.74) is 2.95. The van der Waals surface area contributed by atoms with Gasteiger partial charge in [0.25, 0.3) is 0 Å². The molecule has 0 spiro atoms. The van der Waals surface area contributed by atoms with Crippen LogP contribution in [-0.2, 0) is 4.79 Å². The van der Waals surface area contributed by atoms with Crippen molar-refractivity contribution in [3.8, 4) is 17.2 Å². The summed E-state index contributed by atoms with van der Waals surface area (Å²) in [5, 5.41) is 2.97. The minimum absolute atomic E-state index is 0.165. The van der Waals surface area contributed by atoms with Gasteiger partial charge in [-0.3, -0.25) is 4.79 Å². The van der Waals surface area contributed by atoms with Crippen LogP contribution in [-0.4, -0.2) is 26.2 Å². The van der Waals surface area contributed by atoms with Crippen LogP contribution in [0.2, 0.25) is 0 Å². The molecule has 1 atom stereocenters. The Bertz CT molecular complexity index is 829. The fourth-order valence-corrected chi connectivity index (χ4v) is 2.87. The van der Waals surface area contributed by atoms with Crippen LogP contribution in [0.1, 0.15) is 29.7 Å². The molecule has 2 aromatic carbocycles. The van der Waals surface area contributed by atoms with Gasteiger partial charge in [-0.05, 0) is 43.7 Å². The Hall–Kier alpha value is -2.95. The number of carbonyl (C=O) groups excluding carboxylic acids is 1. The van der Waals surface area contributed by atoms with E-state index in [0.29, 0.717) is 19.0 Å². The summed E-state index contributed by atoms with van der Waals surface area (Å²) < 4.78 is 16.4. The van der Waals surface area contributed by atoms with Crippen LogP contribution in [0.25, 0.3) is 6.08 Å². The van der Waals surface area contributed by atoms with E-state index in [4.69, 9.17) is 14.2 Å². The average molecular weight is 353 g/mol. The van der Waals surface area contributed by atoms with E-state index < -0.39 is 0 Å². The zero-order valence-electron chi connectivity index (χ0n) is 15.2. The van der Waals surface area contributed by atoms with Crippen molar-refractivity contribution in [1.82, 2.24) is 5.32 Å². The first-order chi connectivity index (χ1) is 12.6. The molecule has 0 aliphatic carbocycles. The first-order valence-corrected chi connectivity index (χ1v) is 8.59. The van der Waals surface area contributed by atoms with E-state index in [1.54, 1.807) is 13.2 Å². The van der Waals surface area contributed by atoms with Crippen molar-refractivity contribution in [1.29, 1.82) is 0 Å². The van der Waals surface area contributed by atoms with Gasteiger partial charge in [-0.1, -0.05) is 23.8 Å². The number of fused-ring (bicyclic) bond motifs is 1. The Morgan fingerprint density at radius 2 is 1.92 bits per heavy atom. The zero-order valence-corrected chi connectivity index (χ0v) is 15.2. The molecule has 2 aromatic rings. The molecule has 1 amide bonds. The molecule has 1 aliphatic heterocycles. The summed E-state index contributed by atoms with van der Waals surface area (Å²) in [7, 11) is 1.63. The molecule has 5 heteroatoms. The summed E-state index contributed by atoms with van der Waals surface area (Å²) in [6.45, 7) is 5.05. The summed E-state index contributed by atoms with van der Waals surface area (Å²) in [5.74, 6) is 2.03. The van der Waals surface area contributed by atoms with E-state index in [0.717, 1.165) is 28.2 Å². The van der Waals surface area contributed by atoms with Crippen LogP contribution in [0.4, 0.5) is 0 Å². The Morgan fingerprint density at radius 1 is 1.15 bits per heavy atom. The highest BCUT2D eigenvalue weighted by atomic mass is 16.6. The Morgan fingerprint density at radius 3 is 2.69 bits per heavy atom. The predicted molar refractivity (Wildman–Crippen MR) is 101 cm³/mol. The third-order valence-corrected chi connectivity index (χ3v) is 4.20. The number of amides is 1. The number of ether oxygens (including phenoxy) is 3. The standard InChI is InChI=1S/C21H23NO4/c1-14-4-7-18(24-3)17(12-14)15(2)22-21(23)9-6-16-5-8-19-20(13-16)26-11-10-25-19/h4-9,12-13,15H,10-11H2,1-3H3,(H,22,23)/b9-6+/t15-/m1/s1. The number of aryl methyl sites for hydroxylation is 1. The van der Waals surface area contributed by atoms with Crippen molar-refractivity contribution < 1.29 is 19.0 Å². The van der Waals surface area contributed by atoms with E-state index >= 15 is 0 Å². The van der Waals surface area contributed by atoms with Crippen LogP contribution in [0.3, 0.4) is 0 Å². The second kappa shape index (κ2) is 7.95. The Labute approximate surface area is 153 Å². The molecule has 0 saturated heterocycles. The minimum atomic E-state index is -0.170. The van der Waals surface area contributed by atoms with Crippen LogP contribution >= 0.6 is 0 Å². The maximum Gasteiger partial charge on any atom is 0.244 e. The largest absolute Gasteiger partial charge is 0.496 e. The zero-order chi connectivity index (χ0) is 18.5. The molecular weight excluding hydrogens is 330 g/mol. The van der Waals surface area contributed by atoms with Crippen molar-refractivity contribution in [3.05, 3.63) is 59.2 Å². The van der Waals surface area contributed by atoms with Gasteiger partial charge in [0.2, 0.25) is 5.91 Å². The van der Waals surface area contributed by atoms with E-state index in [-0.39, 0.29) is 11.9 Å². The molecule has 5 nitrogen and oxygen atoms in total. The Balaban J connectivity index is 1.67. The molecule has 0 saturated carbocycles. The number of hydrogen-bond acceptors (Lipinski definition) is 4. The van der Waals surface area contributed by atoms with Gasteiger partial charge in [0.15, 0.2) is 11.5 Å². The monoisotopic (exact) mass is 353 g/mol. The highest BCUT2D eigenvalue weighted by molar-refractivity contribution is 5.92. The second-order valence-electron chi connectivity index (χ2n) is 6.21. The van der Waals surface area contributed by atoms with Crippen LogP contribution in [0.15, 0.2) is 42.5 Å². The first kappa shape index (κ1) is 17.9. The van der Waals surface area contributed by atoms with Crippen LogP contribution < -0.4 is 19.5 Å².